The molecule has 0 heterocycles. The van der Waals surface area contributed by atoms with E-state index in [0.29, 0.717) is 24.1 Å². The second-order valence-corrected chi connectivity index (χ2v) is 11.7. The number of urea groups is 1. The zero-order valence-corrected chi connectivity index (χ0v) is 22.3. The Labute approximate surface area is 210 Å². The standard InChI is InChI=1S/C28H40N2O4S/c1-5-6-7-8-9-10-27(31)26(19-21(2)3)30-28(32)29-24-15-13-23(14-16-24)20-35(33,34)25-17-11-22(4)12-18-25/h11-18,21,26H,5-10,19-20H2,1-4H3,(H2,29,30,32)/t26-/m1/s1. The minimum Gasteiger partial charge on any atom is -0.328 e. The van der Waals surface area contributed by atoms with Gasteiger partial charge in [-0.05, 0) is 55.5 Å². The number of sulfone groups is 1. The molecule has 2 aromatic rings. The molecule has 0 bridgehead atoms. The molecular weight excluding hydrogens is 460 g/mol. The molecule has 0 spiro atoms. The van der Waals surface area contributed by atoms with E-state index < -0.39 is 21.9 Å². The zero-order valence-electron chi connectivity index (χ0n) is 21.5. The number of aryl methyl sites for hydroxylation is 1. The number of amides is 2. The molecule has 0 fully saturated rings. The lowest BCUT2D eigenvalue weighted by Gasteiger charge is -2.20. The summed E-state index contributed by atoms with van der Waals surface area (Å²) in [6.45, 7) is 8.13. The van der Waals surface area contributed by atoms with Gasteiger partial charge >= 0.3 is 6.03 Å². The van der Waals surface area contributed by atoms with Crippen molar-refractivity contribution in [3.63, 3.8) is 0 Å². The SMILES string of the molecule is CCCCCCCC(=O)[C@@H](CC(C)C)NC(=O)Nc1ccc(CS(=O)(=O)c2ccc(C)cc2)cc1. The van der Waals surface area contributed by atoms with E-state index in [1.807, 2.05) is 20.8 Å². The monoisotopic (exact) mass is 500 g/mol. The van der Waals surface area contributed by atoms with E-state index >= 15 is 0 Å². The quantitative estimate of drug-likeness (QED) is 0.292. The summed E-state index contributed by atoms with van der Waals surface area (Å²) in [7, 11) is -3.45. The van der Waals surface area contributed by atoms with E-state index in [-0.39, 0.29) is 22.3 Å². The van der Waals surface area contributed by atoms with Crippen LogP contribution in [0.4, 0.5) is 10.5 Å². The van der Waals surface area contributed by atoms with Gasteiger partial charge in [-0.25, -0.2) is 13.2 Å². The van der Waals surface area contributed by atoms with Crippen molar-refractivity contribution < 1.29 is 18.0 Å². The summed E-state index contributed by atoms with van der Waals surface area (Å²) in [5, 5.41) is 5.59. The average molecular weight is 501 g/mol. The van der Waals surface area contributed by atoms with Gasteiger partial charge in [0.2, 0.25) is 0 Å². The Morgan fingerprint density at radius 3 is 2.11 bits per heavy atom. The molecule has 2 amide bonds. The zero-order chi connectivity index (χ0) is 25.8. The fourth-order valence-corrected chi connectivity index (χ4v) is 5.23. The molecule has 7 heteroatoms. The van der Waals surface area contributed by atoms with Gasteiger partial charge in [0.1, 0.15) is 0 Å². The number of rotatable bonds is 14. The number of carbonyl (C=O) groups is 2. The predicted octanol–water partition coefficient (Wildman–Crippen LogP) is 6.43. The van der Waals surface area contributed by atoms with E-state index in [1.165, 1.54) is 6.42 Å². The van der Waals surface area contributed by atoms with Crippen LogP contribution in [0.25, 0.3) is 0 Å². The Bertz CT molecular complexity index is 1050. The van der Waals surface area contributed by atoms with Crippen molar-refractivity contribution >= 4 is 27.3 Å². The summed E-state index contributed by atoms with van der Waals surface area (Å²) in [5.74, 6) is 0.229. The molecule has 0 radical (unpaired) electrons. The lowest BCUT2D eigenvalue weighted by atomic mass is 9.97. The van der Waals surface area contributed by atoms with Gasteiger partial charge in [-0.1, -0.05) is 76.3 Å². The number of ketones is 1. The molecule has 35 heavy (non-hydrogen) atoms. The van der Waals surface area contributed by atoms with Gasteiger partial charge in [0.25, 0.3) is 0 Å². The van der Waals surface area contributed by atoms with Crippen molar-refractivity contribution in [2.24, 2.45) is 5.92 Å². The minimum absolute atomic E-state index is 0.0713. The minimum atomic E-state index is -3.45. The molecule has 0 saturated heterocycles. The normalized spacial score (nSPS) is 12.4. The van der Waals surface area contributed by atoms with Crippen LogP contribution in [0.2, 0.25) is 0 Å². The lowest BCUT2D eigenvalue weighted by Crippen LogP contribution is -2.43. The van der Waals surface area contributed by atoms with Crippen LogP contribution in [0.3, 0.4) is 0 Å². The third-order valence-corrected chi connectivity index (χ3v) is 7.58. The maximum atomic E-state index is 12.7. The Kier molecular flexibility index (Phi) is 11.4. The summed E-state index contributed by atoms with van der Waals surface area (Å²) in [4.78, 5) is 25.6. The maximum Gasteiger partial charge on any atom is 0.319 e. The van der Waals surface area contributed by atoms with E-state index in [9.17, 15) is 18.0 Å². The number of hydrogen-bond donors (Lipinski definition) is 2. The highest BCUT2D eigenvalue weighted by molar-refractivity contribution is 7.90. The van der Waals surface area contributed by atoms with Crippen molar-refractivity contribution in [2.75, 3.05) is 5.32 Å². The highest BCUT2D eigenvalue weighted by Gasteiger charge is 2.21. The summed E-state index contributed by atoms with van der Waals surface area (Å²) in [6.07, 6.45) is 6.43. The van der Waals surface area contributed by atoms with Crippen LogP contribution in [0, 0.1) is 12.8 Å². The van der Waals surface area contributed by atoms with Crippen molar-refractivity contribution in [1.82, 2.24) is 5.32 Å². The first kappa shape index (κ1) is 28.6. The number of hydrogen-bond acceptors (Lipinski definition) is 4. The Hall–Kier alpha value is -2.67. The van der Waals surface area contributed by atoms with Crippen LogP contribution in [0.15, 0.2) is 53.4 Å². The summed E-state index contributed by atoms with van der Waals surface area (Å²) in [5.41, 5.74) is 2.17. The number of nitrogens with one attached hydrogen (secondary N) is 2. The third kappa shape index (κ3) is 10.2. The first-order valence-corrected chi connectivity index (χ1v) is 14.2. The Balaban J connectivity index is 1.93. The van der Waals surface area contributed by atoms with Crippen LogP contribution in [-0.2, 0) is 20.4 Å². The first-order valence-electron chi connectivity index (χ1n) is 12.6. The smallest absolute Gasteiger partial charge is 0.319 e. The second kappa shape index (κ2) is 14.0. The van der Waals surface area contributed by atoms with Crippen LogP contribution >= 0.6 is 0 Å². The summed E-state index contributed by atoms with van der Waals surface area (Å²) < 4.78 is 25.3. The molecule has 0 unspecified atom stereocenters. The molecule has 2 N–H and O–H groups in total. The third-order valence-electron chi connectivity index (χ3n) is 5.88. The molecular formula is C28H40N2O4S. The van der Waals surface area contributed by atoms with Gasteiger partial charge in [-0.2, -0.15) is 0 Å². The number of carbonyl (C=O) groups excluding carboxylic acids is 2. The fourth-order valence-electron chi connectivity index (χ4n) is 3.88. The molecule has 2 aromatic carbocycles. The van der Waals surface area contributed by atoms with E-state index in [1.54, 1.807) is 48.5 Å². The summed E-state index contributed by atoms with van der Waals surface area (Å²) >= 11 is 0. The van der Waals surface area contributed by atoms with Gasteiger partial charge in [-0.15, -0.1) is 0 Å². The summed E-state index contributed by atoms with van der Waals surface area (Å²) in [6, 6.07) is 12.6. The molecule has 2 rings (SSSR count). The van der Waals surface area contributed by atoms with Crippen LogP contribution in [-0.4, -0.2) is 26.3 Å². The largest absolute Gasteiger partial charge is 0.328 e. The van der Waals surface area contributed by atoms with Crippen LogP contribution in [0.1, 0.15) is 76.8 Å². The van der Waals surface area contributed by atoms with Gasteiger partial charge in [0.05, 0.1) is 16.7 Å². The number of unbranched alkanes of at least 4 members (excludes halogenated alkanes) is 4. The second-order valence-electron chi connectivity index (χ2n) is 9.68. The van der Waals surface area contributed by atoms with Crippen molar-refractivity contribution in [3.8, 4) is 0 Å². The van der Waals surface area contributed by atoms with Crippen LogP contribution < -0.4 is 10.6 Å². The Morgan fingerprint density at radius 1 is 0.886 bits per heavy atom. The molecule has 1 atom stereocenters. The van der Waals surface area contributed by atoms with E-state index in [4.69, 9.17) is 0 Å². The number of benzene rings is 2. The molecule has 0 aliphatic heterocycles. The molecule has 6 nitrogen and oxygen atoms in total. The van der Waals surface area contributed by atoms with Gasteiger partial charge in [0.15, 0.2) is 15.6 Å². The average Bonchev–Trinajstić information content (AvgIpc) is 2.79. The lowest BCUT2D eigenvalue weighted by molar-refractivity contribution is -0.121. The maximum absolute atomic E-state index is 12.7. The van der Waals surface area contributed by atoms with E-state index in [2.05, 4.69) is 17.6 Å². The number of anilines is 1. The number of Topliss-reactive ketones (excluding diaryl/α,β-unsaturated/α-hetero) is 1. The highest BCUT2D eigenvalue weighted by atomic mass is 32.2. The van der Waals surface area contributed by atoms with E-state index in [0.717, 1.165) is 31.2 Å². The van der Waals surface area contributed by atoms with Gasteiger partial charge in [0, 0.05) is 12.1 Å². The van der Waals surface area contributed by atoms with Crippen molar-refractivity contribution in [2.45, 2.75) is 89.3 Å². The molecule has 192 valence electrons. The first-order chi connectivity index (χ1) is 16.6. The van der Waals surface area contributed by atoms with Gasteiger partial charge in [-0.3, -0.25) is 4.79 Å². The van der Waals surface area contributed by atoms with Crippen molar-refractivity contribution in [3.05, 3.63) is 59.7 Å². The molecule has 0 aliphatic rings. The molecule has 0 aliphatic carbocycles. The fraction of sp³-hybridized carbons (Fsp3) is 0.500. The van der Waals surface area contributed by atoms with Crippen LogP contribution in [0.5, 0.6) is 0 Å². The predicted molar refractivity (Wildman–Crippen MR) is 142 cm³/mol. The Morgan fingerprint density at radius 2 is 1.51 bits per heavy atom. The van der Waals surface area contributed by atoms with Gasteiger partial charge < -0.3 is 10.6 Å². The topological polar surface area (TPSA) is 92.3 Å². The highest BCUT2D eigenvalue weighted by Crippen LogP contribution is 2.19. The molecule has 0 aromatic heterocycles. The van der Waals surface area contributed by atoms with Crippen molar-refractivity contribution in [1.29, 1.82) is 0 Å². The molecule has 0 saturated carbocycles.